The highest BCUT2D eigenvalue weighted by Gasteiger charge is 2.12. The van der Waals surface area contributed by atoms with E-state index < -0.39 is 11.6 Å². The van der Waals surface area contributed by atoms with Gasteiger partial charge in [0.2, 0.25) is 0 Å². The van der Waals surface area contributed by atoms with E-state index in [1.54, 1.807) is 12.1 Å². The van der Waals surface area contributed by atoms with Crippen LogP contribution in [0.2, 0.25) is 5.02 Å². The van der Waals surface area contributed by atoms with E-state index in [-0.39, 0.29) is 10.8 Å². The summed E-state index contributed by atoms with van der Waals surface area (Å²) in [7, 11) is 0. The fraction of sp³-hybridized carbons (Fsp3) is 0.214. The summed E-state index contributed by atoms with van der Waals surface area (Å²) in [5, 5.41) is 3.60. The molecule has 6 heteroatoms. The Labute approximate surface area is 125 Å². The molecule has 0 aliphatic carbocycles. The van der Waals surface area contributed by atoms with Crippen molar-refractivity contribution in [2.45, 2.75) is 17.7 Å². The lowest BCUT2D eigenvalue weighted by Crippen LogP contribution is -2.04. The van der Waals surface area contributed by atoms with Gasteiger partial charge in [-0.2, -0.15) is 0 Å². The van der Waals surface area contributed by atoms with Crippen LogP contribution in [0.15, 0.2) is 35.4 Å². The van der Waals surface area contributed by atoms with Crippen molar-refractivity contribution in [1.82, 2.24) is 4.98 Å². The molecule has 0 saturated carbocycles. The van der Waals surface area contributed by atoms with Gasteiger partial charge in [-0.05, 0) is 24.6 Å². The summed E-state index contributed by atoms with van der Waals surface area (Å²) < 4.78 is 27.1. The monoisotopic (exact) mass is 314 g/mol. The SMILES string of the molecule is CCNc1nc(SCc2ccc(Cl)cc2)c(F)cc1F. The molecule has 0 atom stereocenters. The second-order valence-electron chi connectivity index (χ2n) is 4.05. The van der Waals surface area contributed by atoms with Crippen LogP contribution in [0.25, 0.3) is 0 Å². The van der Waals surface area contributed by atoms with Crippen LogP contribution in [0.4, 0.5) is 14.6 Å². The molecule has 20 heavy (non-hydrogen) atoms. The van der Waals surface area contributed by atoms with Gasteiger partial charge in [-0.1, -0.05) is 35.5 Å². The predicted molar refractivity (Wildman–Crippen MR) is 79.3 cm³/mol. The summed E-state index contributed by atoms with van der Waals surface area (Å²) >= 11 is 7.02. The van der Waals surface area contributed by atoms with E-state index >= 15 is 0 Å². The number of nitrogens with zero attached hydrogens (tertiary/aromatic N) is 1. The highest BCUT2D eigenvalue weighted by atomic mass is 35.5. The van der Waals surface area contributed by atoms with Crippen LogP contribution >= 0.6 is 23.4 Å². The van der Waals surface area contributed by atoms with E-state index in [0.29, 0.717) is 17.3 Å². The summed E-state index contributed by atoms with van der Waals surface area (Å²) in [5.74, 6) is -0.714. The first-order chi connectivity index (χ1) is 9.60. The van der Waals surface area contributed by atoms with Gasteiger partial charge in [0, 0.05) is 23.4 Å². The zero-order valence-corrected chi connectivity index (χ0v) is 12.4. The Hall–Kier alpha value is -1.33. The van der Waals surface area contributed by atoms with Crippen molar-refractivity contribution in [3.8, 4) is 0 Å². The summed E-state index contributed by atoms with van der Waals surface area (Å²) in [6.45, 7) is 2.35. The third-order valence-electron chi connectivity index (χ3n) is 2.53. The number of nitrogens with one attached hydrogen (secondary N) is 1. The first-order valence-electron chi connectivity index (χ1n) is 6.07. The standard InChI is InChI=1S/C14H13ClF2N2S/c1-2-18-13-11(16)7-12(17)14(19-13)20-8-9-3-5-10(15)6-4-9/h3-7H,2,8H2,1H3,(H,18,19). The Morgan fingerprint density at radius 1 is 1.20 bits per heavy atom. The molecule has 1 aromatic heterocycles. The third-order valence-corrected chi connectivity index (χ3v) is 3.82. The summed E-state index contributed by atoms with van der Waals surface area (Å²) in [4.78, 5) is 3.97. The van der Waals surface area contributed by atoms with E-state index in [1.807, 2.05) is 19.1 Å². The van der Waals surface area contributed by atoms with E-state index in [2.05, 4.69) is 10.3 Å². The van der Waals surface area contributed by atoms with Crippen molar-refractivity contribution >= 4 is 29.2 Å². The molecule has 0 unspecified atom stereocenters. The Kier molecular flexibility index (Phi) is 5.20. The van der Waals surface area contributed by atoms with Crippen molar-refractivity contribution in [2.75, 3.05) is 11.9 Å². The molecule has 1 N–H and O–H groups in total. The van der Waals surface area contributed by atoms with Gasteiger partial charge < -0.3 is 5.32 Å². The van der Waals surface area contributed by atoms with Crippen LogP contribution < -0.4 is 5.32 Å². The van der Waals surface area contributed by atoms with Crippen LogP contribution in [0.3, 0.4) is 0 Å². The Morgan fingerprint density at radius 3 is 2.55 bits per heavy atom. The minimum absolute atomic E-state index is 0.0764. The predicted octanol–water partition coefficient (Wildman–Crippen LogP) is 4.74. The van der Waals surface area contributed by atoms with Crippen molar-refractivity contribution in [3.05, 3.63) is 52.6 Å². The van der Waals surface area contributed by atoms with Gasteiger partial charge in [0.15, 0.2) is 17.5 Å². The molecule has 0 saturated heterocycles. The lowest BCUT2D eigenvalue weighted by Gasteiger charge is -2.08. The molecule has 0 fully saturated rings. The maximum atomic E-state index is 13.7. The van der Waals surface area contributed by atoms with Crippen LogP contribution in [-0.2, 0) is 5.75 Å². The first-order valence-corrected chi connectivity index (χ1v) is 7.43. The zero-order valence-electron chi connectivity index (χ0n) is 10.8. The number of hydrogen-bond acceptors (Lipinski definition) is 3. The van der Waals surface area contributed by atoms with Gasteiger partial charge in [-0.3, -0.25) is 0 Å². The average molecular weight is 315 g/mol. The molecule has 0 aliphatic heterocycles. The molecular weight excluding hydrogens is 302 g/mol. The second kappa shape index (κ2) is 6.90. The molecule has 2 aromatic rings. The molecule has 1 heterocycles. The number of thioether (sulfide) groups is 1. The molecule has 0 amide bonds. The quantitative estimate of drug-likeness (QED) is 0.807. The average Bonchev–Trinajstić information content (AvgIpc) is 2.42. The number of rotatable bonds is 5. The molecular formula is C14H13ClF2N2S. The smallest absolute Gasteiger partial charge is 0.168 e. The number of aromatic nitrogens is 1. The molecule has 0 radical (unpaired) electrons. The van der Waals surface area contributed by atoms with Gasteiger partial charge in [-0.25, -0.2) is 13.8 Å². The number of benzene rings is 1. The topological polar surface area (TPSA) is 24.9 Å². The minimum Gasteiger partial charge on any atom is -0.368 e. The highest BCUT2D eigenvalue weighted by Crippen LogP contribution is 2.27. The van der Waals surface area contributed by atoms with Gasteiger partial charge in [0.05, 0.1) is 0 Å². The number of anilines is 1. The fourth-order valence-corrected chi connectivity index (χ4v) is 2.55. The Balaban J connectivity index is 2.12. The molecule has 0 aliphatic rings. The second-order valence-corrected chi connectivity index (χ2v) is 5.45. The molecule has 2 nitrogen and oxygen atoms in total. The lowest BCUT2D eigenvalue weighted by molar-refractivity contribution is 0.551. The normalized spacial score (nSPS) is 10.6. The number of halogens is 3. The van der Waals surface area contributed by atoms with Crippen LogP contribution in [-0.4, -0.2) is 11.5 Å². The van der Waals surface area contributed by atoms with E-state index in [9.17, 15) is 8.78 Å². The molecule has 1 aromatic carbocycles. The van der Waals surface area contributed by atoms with Crippen molar-refractivity contribution in [3.63, 3.8) is 0 Å². The summed E-state index contributed by atoms with van der Waals surface area (Å²) in [5.41, 5.74) is 0.995. The molecule has 2 rings (SSSR count). The Morgan fingerprint density at radius 2 is 1.90 bits per heavy atom. The van der Waals surface area contributed by atoms with Crippen LogP contribution in [0.5, 0.6) is 0 Å². The Bertz CT molecular complexity index is 590. The summed E-state index contributed by atoms with van der Waals surface area (Å²) in [6, 6.07) is 8.13. The first kappa shape index (κ1) is 15.1. The molecule has 0 bridgehead atoms. The third kappa shape index (κ3) is 3.84. The molecule has 0 spiro atoms. The van der Waals surface area contributed by atoms with Crippen molar-refractivity contribution in [1.29, 1.82) is 0 Å². The maximum Gasteiger partial charge on any atom is 0.168 e. The largest absolute Gasteiger partial charge is 0.368 e. The maximum absolute atomic E-state index is 13.7. The van der Waals surface area contributed by atoms with Crippen LogP contribution in [0, 0.1) is 11.6 Å². The van der Waals surface area contributed by atoms with Crippen molar-refractivity contribution < 1.29 is 8.78 Å². The van der Waals surface area contributed by atoms with E-state index in [1.165, 1.54) is 11.8 Å². The van der Waals surface area contributed by atoms with Crippen LogP contribution in [0.1, 0.15) is 12.5 Å². The minimum atomic E-state index is -0.680. The molecule has 106 valence electrons. The number of hydrogen-bond donors (Lipinski definition) is 1. The lowest BCUT2D eigenvalue weighted by atomic mass is 10.2. The van der Waals surface area contributed by atoms with E-state index in [0.717, 1.165) is 11.6 Å². The zero-order chi connectivity index (χ0) is 14.5. The van der Waals surface area contributed by atoms with Gasteiger partial charge >= 0.3 is 0 Å². The van der Waals surface area contributed by atoms with E-state index in [4.69, 9.17) is 11.6 Å². The van der Waals surface area contributed by atoms with Gasteiger partial charge in [-0.15, -0.1) is 0 Å². The van der Waals surface area contributed by atoms with Crippen molar-refractivity contribution in [2.24, 2.45) is 0 Å². The van der Waals surface area contributed by atoms with Gasteiger partial charge in [0.1, 0.15) is 5.03 Å². The fourth-order valence-electron chi connectivity index (χ4n) is 1.57. The highest BCUT2D eigenvalue weighted by molar-refractivity contribution is 7.98. The summed E-state index contributed by atoms with van der Waals surface area (Å²) in [6.07, 6.45) is 0. The van der Waals surface area contributed by atoms with Gasteiger partial charge in [0.25, 0.3) is 0 Å². The number of pyridine rings is 1.